The van der Waals surface area contributed by atoms with Crippen molar-refractivity contribution in [3.8, 4) is 0 Å². The van der Waals surface area contributed by atoms with Gasteiger partial charge in [-0.1, -0.05) is 0 Å². The summed E-state index contributed by atoms with van der Waals surface area (Å²) in [6.45, 7) is 0.861. The standard InChI is InChI=1S/C11H19NO3/c1-15-11(14)6-7-12-8-9-2-4-10(13)5-3-9/h6-7,9-10,12-13H,2-5,8H2,1H3/b7-6+. The molecule has 15 heavy (non-hydrogen) atoms. The Hall–Kier alpha value is -1.03. The molecule has 0 radical (unpaired) electrons. The van der Waals surface area contributed by atoms with Crippen LogP contribution in [-0.4, -0.2) is 30.8 Å². The lowest BCUT2D eigenvalue weighted by molar-refractivity contribution is -0.134. The number of nitrogens with one attached hydrogen (secondary N) is 1. The summed E-state index contributed by atoms with van der Waals surface area (Å²) in [7, 11) is 1.36. The minimum Gasteiger partial charge on any atom is -0.466 e. The van der Waals surface area contributed by atoms with E-state index in [2.05, 4.69) is 10.1 Å². The highest BCUT2D eigenvalue weighted by atomic mass is 16.5. The molecular weight excluding hydrogens is 194 g/mol. The molecule has 0 amide bonds. The molecule has 0 aromatic heterocycles. The van der Waals surface area contributed by atoms with Crippen molar-refractivity contribution in [1.82, 2.24) is 5.32 Å². The van der Waals surface area contributed by atoms with Gasteiger partial charge in [0, 0.05) is 18.8 Å². The highest BCUT2D eigenvalue weighted by molar-refractivity contribution is 5.81. The average molecular weight is 213 g/mol. The zero-order chi connectivity index (χ0) is 11.1. The Kier molecular flexibility index (Phi) is 5.18. The van der Waals surface area contributed by atoms with Crippen LogP contribution >= 0.6 is 0 Å². The predicted octanol–water partition coefficient (Wildman–Crippen LogP) is 0.814. The maximum Gasteiger partial charge on any atom is 0.331 e. The van der Waals surface area contributed by atoms with Crippen LogP contribution in [0.15, 0.2) is 12.3 Å². The van der Waals surface area contributed by atoms with Crippen LogP contribution < -0.4 is 5.32 Å². The fourth-order valence-corrected chi connectivity index (χ4v) is 1.78. The number of rotatable bonds is 4. The van der Waals surface area contributed by atoms with Crippen molar-refractivity contribution in [2.24, 2.45) is 5.92 Å². The van der Waals surface area contributed by atoms with Gasteiger partial charge in [0.25, 0.3) is 0 Å². The van der Waals surface area contributed by atoms with Gasteiger partial charge in [0.05, 0.1) is 13.2 Å². The molecule has 1 rings (SSSR count). The first-order valence-electron chi connectivity index (χ1n) is 5.38. The summed E-state index contributed by atoms with van der Waals surface area (Å²) in [5, 5.41) is 12.4. The number of aliphatic hydroxyl groups excluding tert-OH is 1. The van der Waals surface area contributed by atoms with Crippen LogP contribution in [0, 0.1) is 5.92 Å². The van der Waals surface area contributed by atoms with Crippen molar-refractivity contribution in [3.63, 3.8) is 0 Å². The van der Waals surface area contributed by atoms with Crippen molar-refractivity contribution in [2.75, 3.05) is 13.7 Å². The van der Waals surface area contributed by atoms with Crippen molar-refractivity contribution >= 4 is 5.97 Å². The molecule has 2 N–H and O–H groups in total. The maximum absolute atomic E-state index is 10.7. The van der Waals surface area contributed by atoms with Gasteiger partial charge in [-0.15, -0.1) is 0 Å². The summed E-state index contributed by atoms with van der Waals surface area (Å²) in [4.78, 5) is 10.7. The summed E-state index contributed by atoms with van der Waals surface area (Å²) in [5.74, 6) is 0.261. The molecule has 4 nitrogen and oxygen atoms in total. The van der Waals surface area contributed by atoms with E-state index in [1.165, 1.54) is 13.2 Å². The molecular formula is C11H19NO3. The number of esters is 1. The summed E-state index contributed by atoms with van der Waals surface area (Å²) in [6, 6.07) is 0. The molecule has 0 aromatic carbocycles. The second kappa shape index (κ2) is 6.45. The lowest BCUT2D eigenvalue weighted by atomic mass is 9.87. The van der Waals surface area contributed by atoms with Gasteiger partial charge in [-0.3, -0.25) is 0 Å². The Bertz CT molecular complexity index is 220. The third-order valence-corrected chi connectivity index (χ3v) is 2.76. The Balaban J connectivity index is 2.10. The van der Waals surface area contributed by atoms with Crippen molar-refractivity contribution < 1.29 is 14.6 Å². The minimum atomic E-state index is -0.346. The van der Waals surface area contributed by atoms with Crippen LogP contribution in [0.5, 0.6) is 0 Å². The molecule has 4 heteroatoms. The van der Waals surface area contributed by atoms with Gasteiger partial charge in [-0.2, -0.15) is 0 Å². The van der Waals surface area contributed by atoms with Gasteiger partial charge < -0.3 is 15.2 Å². The molecule has 0 atom stereocenters. The van der Waals surface area contributed by atoms with E-state index < -0.39 is 0 Å². The van der Waals surface area contributed by atoms with Gasteiger partial charge in [0.2, 0.25) is 0 Å². The fraction of sp³-hybridized carbons (Fsp3) is 0.727. The van der Waals surface area contributed by atoms with Gasteiger partial charge >= 0.3 is 5.97 Å². The quantitative estimate of drug-likeness (QED) is 0.536. The van der Waals surface area contributed by atoms with E-state index in [1.54, 1.807) is 6.20 Å². The molecule has 0 unspecified atom stereocenters. The monoisotopic (exact) mass is 213 g/mol. The molecule has 86 valence electrons. The highest BCUT2D eigenvalue weighted by Crippen LogP contribution is 2.23. The zero-order valence-electron chi connectivity index (χ0n) is 9.11. The summed E-state index contributed by atoms with van der Waals surface area (Å²) in [6.07, 6.45) is 6.79. The van der Waals surface area contributed by atoms with E-state index in [9.17, 15) is 9.90 Å². The molecule has 1 aliphatic carbocycles. The molecule has 0 saturated heterocycles. The Morgan fingerprint density at radius 3 is 2.73 bits per heavy atom. The van der Waals surface area contributed by atoms with Gasteiger partial charge in [0.1, 0.15) is 0 Å². The van der Waals surface area contributed by atoms with Crippen LogP contribution in [0.25, 0.3) is 0 Å². The third kappa shape index (κ3) is 4.83. The first kappa shape index (κ1) is 12.0. The van der Waals surface area contributed by atoms with Crippen molar-refractivity contribution in [1.29, 1.82) is 0 Å². The molecule has 0 spiro atoms. The van der Waals surface area contributed by atoms with Gasteiger partial charge in [-0.25, -0.2) is 4.79 Å². The smallest absolute Gasteiger partial charge is 0.331 e. The van der Waals surface area contributed by atoms with Crippen LogP contribution in [0.1, 0.15) is 25.7 Å². The SMILES string of the molecule is COC(=O)/C=C/NCC1CCC(O)CC1. The summed E-state index contributed by atoms with van der Waals surface area (Å²) in [5.41, 5.74) is 0. The number of hydrogen-bond acceptors (Lipinski definition) is 4. The molecule has 1 fully saturated rings. The van der Waals surface area contributed by atoms with Gasteiger partial charge in [-0.05, 0) is 31.6 Å². The van der Waals surface area contributed by atoms with E-state index in [-0.39, 0.29) is 12.1 Å². The lowest BCUT2D eigenvalue weighted by Gasteiger charge is -2.25. The van der Waals surface area contributed by atoms with E-state index in [1.807, 2.05) is 0 Å². The first-order valence-corrected chi connectivity index (χ1v) is 5.38. The lowest BCUT2D eigenvalue weighted by Crippen LogP contribution is -2.25. The number of methoxy groups -OCH3 is 1. The Morgan fingerprint density at radius 1 is 1.47 bits per heavy atom. The largest absolute Gasteiger partial charge is 0.466 e. The molecule has 0 aromatic rings. The molecule has 1 aliphatic rings. The van der Waals surface area contributed by atoms with Crippen LogP contribution in [0.3, 0.4) is 0 Å². The average Bonchev–Trinajstić information content (AvgIpc) is 2.26. The van der Waals surface area contributed by atoms with Crippen LogP contribution in [-0.2, 0) is 9.53 Å². The Labute approximate surface area is 90.3 Å². The zero-order valence-corrected chi connectivity index (χ0v) is 9.11. The second-order valence-corrected chi connectivity index (χ2v) is 3.94. The molecule has 0 aliphatic heterocycles. The maximum atomic E-state index is 10.7. The summed E-state index contributed by atoms with van der Waals surface area (Å²) >= 11 is 0. The first-order chi connectivity index (χ1) is 7.22. The van der Waals surface area contributed by atoms with E-state index in [4.69, 9.17) is 0 Å². The van der Waals surface area contributed by atoms with E-state index in [0.717, 1.165) is 32.2 Å². The predicted molar refractivity (Wildman–Crippen MR) is 57.1 cm³/mol. The number of hydrogen-bond donors (Lipinski definition) is 2. The van der Waals surface area contributed by atoms with E-state index >= 15 is 0 Å². The van der Waals surface area contributed by atoms with Crippen molar-refractivity contribution in [2.45, 2.75) is 31.8 Å². The van der Waals surface area contributed by atoms with Crippen molar-refractivity contribution in [3.05, 3.63) is 12.3 Å². The normalized spacial score (nSPS) is 26.5. The molecule has 0 heterocycles. The number of carbonyl (C=O) groups is 1. The fourth-order valence-electron chi connectivity index (χ4n) is 1.78. The van der Waals surface area contributed by atoms with Crippen LogP contribution in [0.2, 0.25) is 0 Å². The van der Waals surface area contributed by atoms with Crippen LogP contribution in [0.4, 0.5) is 0 Å². The summed E-state index contributed by atoms with van der Waals surface area (Å²) < 4.78 is 4.46. The minimum absolute atomic E-state index is 0.105. The van der Waals surface area contributed by atoms with Gasteiger partial charge in [0.15, 0.2) is 0 Å². The third-order valence-electron chi connectivity index (χ3n) is 2.76. The highest BCUT2D eigenvalue weighted by Gasteiger charge is 2.18. The number of carbonyl (C=O) groups excluding carboxylic acids is 1. The Morgan fingerprint density at radius 2 is 2.13 bits per heavy atom. The number of ether oxygens (including phenoxy) is 1. The number of aliphatic hydroxyl groups is 1. The molecule has 0 bridgehead atoms. The second-order valence-electron chi connectivity index (χ2n) is 3.94. The van der Waals surface area contributed by atoms with E-state index in [0.29, 0.717) is 5.92 Å². The topological polar surface area (TPSA) is 58.6 Å². The molecule has 1 saturated carbocycles.